The molecule has 10 nitrogen and oxygen atoms in total. The standard InChI is InChI=1S/C36H47N5O5/c1-4-37-36(43)46-20-23-5-7-26(8-6-23)34(42)41-33(25-11-9-24(10-12-25)29-15-16-32(44-3)22(2)39-29)30-19-28(17-18-38-30)31-21-45-35(40-31)27-13-14-27/h15-19,21,23-27,33H,4-14,20H2,1-3H3,(H,37,43)(H,41,42). The van der Waals surface area contributed by atoms with Crippen molar-refractivity contribution in [2.75, 3.05) is 20.3 Å². The van der Waals surface area contributed by atoms with E-state index in [1.807, 2.05) is 32.2 Å². The first-order chi connectivity index (χ1) is 22.4. The molecule has 6 rings (SSSR count). The number of pyridine rings is 2. The molecule has 0 bridgehead atoms. The van der Waals surface area contributed by atoms with Gasteiger partial charge in [-0.1, -0.05) is 0 Å². The Morgan fingerprint density at radius 2 is 1.74 bits per heavy atom. The van der Waals surface area contributed by atoms with E-state index in [0.717, 1.165) is 104 Å². The van der Waals surface area contributed by atoms with Crippen LogP contribution in [0.3, 0.4) is 0 Å². The number of alkyl carbamates (subject to hydrolysis) is 1. The number of rotatable bonds is 11. The molecule has 3 fully saturated rings. The van der Waals surface area contributed by atoms with Gasteiger partial charge < -0.3 is 24.5 Å². The Hall–Kier alpha value is -3.95. The highest BCUT2D eigenvalue weighted by molar-refractivity contribution is 5.79. The van der Waals surface area contributed by atoms with Crippen LogP contribution in [-0.4, -0.2) is 47.2 Å². The molecule has 3 aromatic rings. The SMILES string of the molecule is CCNC(=O)OCC1CCC(C(=O)NC(c2cc(-c3coc(C4CC4)n3)ccn2)C2CCC(c3ccc(OC)c(C)n3)CC2)CC1. The lowest BCUT2D eigenvalue weighted by atomic mass is 9.75. The Kier molecular flexibility index (Phi) is 10.2. The quantitative estimate of drug-likeness (QED) is 0.232. The molecule has 3 aliphatic carbocycles. The van der Waals surface area contributed by atoms with Crippen LogP contribution in [0.4, 0.5) is 4.79 Å². The van der Waals surface area contributed by atoms with Crippen LogP contribution in [0.1, 0.15) is 112 Å². The molecular weight excluding hydrogens is 582 g/mol. The maximum atomic E-state index is 13.8. The van der Waals surface area contributed by atoms with Crippen molar-refractivity contribution in [3.8, 4) is 17.0 Å². The predicted molar refractivity (Wildman–Crippen MR) is 173 cm³/mol. The first kappa shape index (κ1) is 32.0. The highest BCUT2D eigenvalue weighted by Gasteiger charge is 2.35. The van der Waals surface area contributed by atoms with E-state index >= 15 is 0 Å². The molecule has 46 heavy (non-hydrogen) atoms. The summed E-state index contributed by atoms with van der Waals surface area (Å²) in [5.74, 6) is 3.01. The molecule has 3 aliphatic rings. The third-order valence-electron chi connectivity index (χ3n) is 10.1. The zero-order valence-corrected chi connectivity index (χ0v) is 27.3. The average molecular weight is 630 g/mol. The molecule has 0 aliphatic heterocycles. The van der Waals surface area contributed by atoms with Crippen LogP contribution in [0.25, 0.3) is 11.3 Å². The zero-order chi connectivity index (χ0) is 32.0. The minimum absolute atomic E-state index is 0.0640. The first-order valence-corrected chi connectivity index (χ1v) is 17.1. The van der Waals surface area contributed by atoms with Gasteiger partial charge in [-0.2, -0.15) is 0 Å². The van der Waals surface area contributed by atoms with Gasteiger partial charge in [0, 0.05) is 41.8 Å². The van der Waals surface area contributed by atoms with Gasteiger partial charge >= 0.3 is 6.09 Å². The first-order valence-electron chi connectivity index (χ1n) is 17.1. The second kappa shape index (κ2) is 14.6. The molecule has 3 heterocycles. The average Bonchev–Trinajstić information content (AvgIpc) is 3.82. The molecule has 0 radical (unpaired) electrons. The van der Waals surface area contributed by atoms with Gasteiger partial charge in [0.1, 0.15) is 17.7 Å². The minimum Gasteiger partial charge on any atom is -0.495 e. The Balaban J connectivity index is 1.15. The lowest BCUT2D eigenvalue weighted by Crippen LogP contribution is -2.40. The van der Waals surface area contributed by atoms with Crippen molar-refractivity contribution in [3.63, 3.8) is 0 Å². The van der Waals surface area contributed by atoms with Gasteiger partial charge in [-0.25, -0.2) is 9.78 Å². The Labute approximate surface area is 271 Å². The molecule has 2 N–H and O–H groups in total. The number of oxazole rings is 1. The molecule has 2 amide bonds. The van der Waals surface area contributed by atoms with Gasteiger partial charge in [-0.3, -0.25) is 14.8 Å². The molecule has 0 aromatic carbocycles. The fraction of sp³-hybridized carbons (Fsp3) is 0.583. The second-order valence-electron chi connectivity index (χ2n) is 13.3. The third-order valence-corrected chi connectivity index (χ3v) is 10.1. The van der Waals surface area contributed by atoms with Gasteiger partial charge in [0.15, 0.2) is 5.89 Å². The summed E-state index contributed by atoms with van der Waals surface area (Å²) in [6.07, 6.45) is 12.7. The van der Waals surface area contributed by atoms with Crippen molar-refractivity contribution >= 4 is 12.0 Å². The van der Waals surface area contributed by atoms with Crippen molar-refractivity contribution in [1.82, 2.24) is 25.6 Å². The summed E-state index contributed by atoms with van der Waals surface area (Å²) in [5.41, 5.74) is 4.67. The fourth-order valence-corrected chi connectivity index (χ4v) is 7.16. The number of nitrogens with zero attached hydrogens (tertiary/aromatic N) is 3. The minimum atomic E-state index is -0.373. The van der Waals surface area contributed by atoms with E-state index in [4.69, 9.17) is 28.8 Å². The van der Waals surface area contributed by atoms with E-state index in [9.17, 15) is 9.59 Å². The van der Waals surface area contributed by atoms with Crippen LogP contribution in [0.15, 0.2) is 41.1 Å². The zero-order valence-electron chi connectivity index (χ0n) is 27.3. The maximum Gasteiger partial charge on any atom is 0.407 e. The van der Waals surface area contributed by atoms with Crippen LogP contribution >= 0.6 is 0 Å². The molecule has 3 aromatic heterocycles. The molecule has 0 spiro atoms. The van der Waals surface area contributed by atoms with Crippen LogP contribution in [-0.2, 0) is 9.53 Å². The largest absolute Gasteiger partial charge is 0.495 e. The Morgan fingerprint density at radius 1 is 0.978 bits per heavy atom. The number of hydrogen-bond donors (Lipinski definition) is 2. The normalized spacial score (nSPS) is 23.7. The van der Waals surface area contributed by atoms with E-state index < -0.39 is 0 Å². The highest BCUT2D eigenvalue weighted by atomic mass is 16.5. The monoisotopic (exact) mass is 629 g/mol. The molecule has 3 saturated carbocycles. The molecule has 0 saturated heterocycles. The van der Waals surface area contributed by atoms with Crippen molar-refractivity contribution in [2.24, 2.45) is 17.8 Å². The lowest BCUT2D eigenvalue weighted by molar-refractivity contribution is -0.127. The van der Waals surface area contributed by atoms with Crippen LogP contribution in [0.5, 0.6) is 5.75 Å². The number of carbonyl (C=O) groups is 2. The van der Waals surface area contributed by atoms with Crippen molar-refractivity contribution in [3.05, 3.63) is 59.7 Å². The van der Waals surface area contributed by atoms with Crippen molar-refractivity contribution in [2.45, 2.75) is 95.9 Å². The van der Waals surface area contributed by atoms with Crippen LogP contribution in [0, 0.1) is 24.7 Å². The van der Waals surface area contributed by atoms with Gasteiger partial charge in [0.25, 0.3) is 0 Å². The van der Waals surface area contributed by atoms with Gasteiger partial charge in [0.2, 0.25) is 5.91 Å². The summed E-state index contributed by atoms with van der Waals surface area (Å²) < 4.78 is 16.6. The number of hydrogen-bond acceptors (Lipinski definition) is 8. The summed E-state index contributed by atoms with van der Waals surface area (Å²) in [6.45, 7) is 4.80. The molecule has 246 valence electrons. The van der Waals surface area contributed by atoms with Crippen molar-refractivity contribution < 1.29 is 23.5 Å². The smallest absolute Gasteiger partial charge is 0.407 e. The molecule has 1 atom stereocenters. The predicted octanol–water partition coefficient (Wildman–Crippen LogP) is 7.01. The van der Waals surface area contributed by atoms with E-state index in [2.05, 4.69) is 22.8 Å². The van der Waals surface area contributed by atoms with Gasteiger partial charge in [-0.05, 0) is 114 Å². The summed E-state index contributed by atoms with van der Waals surface area (Å²) in [4.78, 5) is 40.0. The van der Waals surface area contributed by atoms with Gasteiger partial charge in [-0.15, -0.1) is 0 Å². The second-order valence-corrected chi connectivity index (χ2v) is 13.3. The number of nitrogens with one attached hydrogen (secondary N) is 2. The van der Waals surface area contributed by atoms with Crippen LogP contribution < -0.4 is 15.4 Å². The topological polar surface area (TPSA) is 128 Å². The summed E-state index contributed by atoms with van der Waals surface area (Å²) in [7, 11) is 1.68. The summed E-state index contributed by atoms with van der Waals surface area (Å²) in [6, 6.07) is 7.95. The number of aromatic nitrogens is 3. The number of carbonyl (C=O) groups excluding carboxylic acids is 2. The summed E-state index contributed by atoms with van der Waals surface area (Å²) >= 11 is 0. The number of amides is 2. The summed E-state index contributed by atoms with van der Waals surface area (Å²) in [5, 5.41) is 6.15. The van der Waals surface area contributed by atoms with E-state index in [1.54, 1.807) is 13.4 Å². The maximum absolute atomic E-state index is 13.8. The number of ether oxygens (including phenoxy) is 2. The van der Waals surface area contributed by atoms with Crippen LogP contribution in [0.2, 0.25) is 0 Å². The fourth-order valence-electron chi connectivity index (χ4n) is 7.16. The van der Waals surface area contributed by atoms with E-state index in [1.165, 1.54) is 0 Å². The Morgan fingerprint density at radius 3 is 2.43 bits per heavy atom. The lowest BCUT2D eigenvalue weighted by Gasteiger charge is -2.35. The highest BCUT2D eigenvalue weighted by Crippen LogP contribution is 2.43. The van der Waals surface area contributed by atoms with E-state index in [0.29, 0.717) is 25.0 Å². The molecular formula is C36H47N5O5. The molecule has 10 heteroatoms. The number of aryl methyl sites for hydroxylation is 1. The van der Waals surface area contributed by atoms with E-state index in [-0.39, 0.29) is 35.8 Å². The van der Waals surface area contributed by atoms with Crippen molar-refractivity contribution in [1.29, 1.82) is 0 Å². The third kappa shape index (κ3) is 7.70. The number of methoxy groups -OCH3 is 1. The van der Waals surface area contributed by atoms with Gasteiger partial charge in [0.05, 0.1) is 31.1 Å². The molecule has 1 unspecified atom stereocenters. The Bertz CT molecular complexity index is 1490.